The zero-order valence-electron chi connectivity index (χ0n) is 12.3. The van der Waals surface area contributed by atoms with Crippen molar-refractivity contribution in [3.63, 3.8) is 0 Å². The molecule has 0 bridgehead atoms. The number of carbonyl (C=O) groups excluding carboxylic acids is 1. The molecule has 2 N–H and O–H groups in total. The molecule has 1 atom stereocenters. The molecule has 0 spiro atoms. The largest absolute Gasteiger partial charge is 0.394 e. The highest BCUT2D eigenvalue weighted by Gasteiger charge is 2.12. The predicted octanol–water partition coefficient (Wildman–Crippen LogP) is 3.08. The summed E-state index contributed by atoms with van der Waals surface area (Å²) in [5.74, 6) is -0.741. The van der Waals surface area contributed by atoms with Crippen molar-refractivity contribution in [2.24, 2.45) is 0 Å². The van der Waals surface area contributed by atoms with Gasteiger partial charge < -0.3 is 10.4 Å². The summed E-state index contributed by atoms with van der Waals surface area (Å²) in [6, 6.07) is 15.0. The molecule has 0 radical (unpaired) electrons. The summed E-state index contributed by atoms with van der Waals surface area (Å²) < 4.78 is 13.7. The number of carbonyl (C=O) groups is 1. The maximum absolute atomic E-state index is 13.7. The standard InChI is InChI=1S/C18H18FNO2/c1-13(15-9-5-6-10-16(15)19)11-18(22)20-17(12-21)14-7-3-2-4-8-14/h2-11,17,21H,12H2,1H3,(H,20,22)/b13-11-. The molecule has 0 aliphatic heterocycles. The molecule has 2 aromatic rings. The van der Waals surface area contributed by atoms with E-state index in [-0.39, 0.29) is 18.3 Å². The van der Waals surface area contributed by atoms with Gasteiger partial charge in [-0.25, -0.2) is 4.39 Å². The molecule has 0 saturated heterocycles. The third kappa shape index (κ3) is 4.02. The van der Waals surface area contributed by atoms with Crippen molar-refractivity contribution < 1.29 is 14.3 Å². The van der Waals surface area contributed by atoms with Crippen molar-refractivity contribution in [2.45, 2.75) is 13.0 Å². The van der Waals surface area contributed by atoms with E-state index < -0.39 is 6.04 Å². The summed E-state index contributed by atoms with van der Waals surface area (Å²) >= 11 is 0. The minimum atomic E-state index is -0.488. The number of halogens is 1. The van der Waals surface area contributed by atoms with Crippen LogP contribution in [0, 0.1) is 5.82 Å². The minimum absolute atomic E-state index is 0.206. The maximum atomic E-state index is 13.7. The Hall–Kier alpha value is -2.46. The maximum Gasteiger partial charge on any atom is 0.244 e. The van der Waals surface area contributed by atoms with E-state index in [2.05, 4.69) is 5.32 Å². The van der Waals surface area contributed by atoms with E-state index in [1.807, 2.05) is 30.3 Å². The number of aliphatic hydroxyl groups is 1. The highest BCUT2D eigenvalue weighted by Crippen LogP contribution is 2.17. The molecule has 0 aliphatic rings. The fourth-order valence-corrected chi connectivity index (χ4v) is 2.19. The lowest BCUT2D eigenvalue weighted by Gasteiger charge is -2.15. The van der Waals surface area contributed by atoms with Gasteiger partial charge in [0.1, 0.15) is 5.82 Å². The summed E-state index contributed by atoms with van der Waals surface area (Å²) in [6.45, 7) is 1.47. The zero-order valence-corrected chi connectivity index (χ0v) is 12.3. The molecule has 114 valence electrons. The molecular formula is C18H18FNO2. The Labute approximate surface area is 129 Å². The van der Waals surface area contributed by atoms with E-state index in [4.69, 9.17) is 0 Å². The zero-order chi connectivity index (χ0) is 15.9. The van der Waals surface area contributed by atoms with Gasteiger partial charge in [0.05, 0.1) is 12.6 Å². The van der Waals surface area contributed by atoms with Gasteiger partial charge >= 0.3 is 0 Å². The van der Waals surface area contributed by atoms with Crippen molar-refractivity contribution in [1.29, 1.82) is 0 Å². The van der Waals surface area contributed by atoms with Crippen molar-refractivity contribution in [3.8, 4) is 0 Å². The normalized spacial score (nSPS) is 12.8. The molecule has 0 fully saturated rings. The first kappa shape index (κ1) is 15.9. The highest BCUT2D eigenvalue weighted by atomic mass is 19.1. The first-order chi connectivity index (χ1) is 10.6. The van der Waals surface area contributed by atoms with E-state index in [1.54, 1.807) is 25.1 Å². The van der Waals surface area contributed by atoms with Crippen LogP contribution in [-0.4, -0.2) is 17.6 Å². The molecule has 1 amide bonds. The Kier molecular flexibility index (Phi) is 5.44. The van der Waals surface area contributed by atoms with Crippen LogP contribution >= 0.6 is 0 Å². The molecule has 3 nitrogen and oxygen atoms in total. The van der Waals surface area contributed by atoms with Gasteiger partial charge in [0.2, 0.25) is 5.91 Å². The van der Waals surface area contributed by atoms with Crippen LogP contribution in [0.25, 0.3) is 5.57 Å². The van der Waals surface area contributed by atoms with Crippen molar-refractivity contribution in [2.75, 3.05) is 6.61 Å². The van der Waals surface area contributed by atoms with Crippen LogP contribution in [0.3, 0.4) is 0 Å². The van der Waals surface area contributed by atoms with E-state index in [1.165, 1.54) is 12.1 Å². The van der Waals surface area contributed by atoms with Crippen LogP contribution in [0.15, 0.2) is 60.7 Å². The number of allylic oxidation sites excluding steroid dienone is 1. The molecule has 4 heteroatoms. The molecule has 0 heterocycles. The van der Waals surface area contributed by atoms with E-state index in [9.17, 15) is 14.3 Å². The van der Waals surface area contributed by atoms with Gasteiger partial charge in [0.25, 0.3) is 0 Å². The molecule has 2 aromatic carbocycles. The molecule has 0 saturated carbocycles. The van der Waals surface area contributed by atoms with Crippen molar-refractivity contribution in [3.05, 3.63) is 77.6 Å². The molecule has 0 aromatic heterocycles. The molecule has 2 rings (SSSR count). The van der Waals surface area contributed by atoms with Crippen LogP contribution < -0.4 is 5.32 Å². The van der Waals surface area contributed by atoms with Gasteiger partial charge in [0, 0.05) is 11.6 Å². The summed E-state index contributed by atoms with van der Waals surface area (Å²) in [7, 11) is 0. The molecule has 1 unspecified atom stereocenters. The second-order valence-corrected chi connectivity index (χ2v) is 4.96. The predicted molar refractivity (Wildman–Crippen MR) is 84.5 cm³/mol. The third-order valence-electron chi connectivity index (χ3n) is 3.35. The molecular weight excluding hydrogens is 281 g/mol. The van der Waals surface area contributed by atoms with E-state index in [0.29, 0.717) is 11.1 Å². The number of nitrogens with one attached hydrogen (secondary N) is 1. The first-order valence-electron chi connectivity index (χ1n) is 7.01. The van der Waals surface area contributed by atoms with Crippen LogP contribution in [0.5, 0.6) is 0 Å². The summed E-state index contributed by atoms with van der Waals surface area (Å²) in [5.41, 5.74) is 1.73. The van der Waals surface area contributed by atoms with Crippen LogP contribution in [0.4, 0.5) is 4.39 Å². The van der Waals surface area contributed by atoms with Crippen molar-refractivity contribution in [1.82, 2.24) is 5.32 Å². The lowest BCUT2D eigenvalue weighted by atomic mass is 10.1. The minimum Gasteiger partial charge on any atom is -0.394 e. The van der Waals surface area contributed by atoms with Gasteiger partial charge in [-0.05, 0) is 24.1 Å². The van der Waals surface area contributed by atoms with E-state index >= 15 is 0 Å². The van der Waals surface area contributed by atoms with Gasteiger partial charge in [0.15, 0.2) is 0 Å². The smallest absolute Gasteiger partial charge is 0.244 e. The Bertz CT molecular complexity index is 668. The number of aliphatic hydroxyl groups excluding tert-OH is 1. The number of hydrogen-bond donors (Lipinski definition) is 2. The highest BCUT2D eigenvalue weighted by molar-refractivity contribution is 5.95. The van der Waals surface area contributed by atoms with Gasteiger partial charge in [-0.1, -0.05) is 48.5 Å². The summed E-state index contributed by atoms with van der Waals surface area (Å²) in [4.78, 5) is 12.1. The fraction of sp³-hybridized carbons (Fsp3) is 0.167. The topological polar surface area (TPSA) is 49.3 Å². The Morgan fingerprint density at radius 1 is 1.18 bits per heavy atom. The lowest BCUT2D eigenvalue weighted by molar-refractivity contribution is -0.117. The SMILES string of the molecule is C/C(=C/C(=O)NC(CO)c1ccccc1)c1ccccc1F. The first-order valence-corrected chi connectivity index (χ1v) is 7.01. The number of amides is 1. The van der Waals surface area contributed by atoms with Crippen LogP contribution in [0.1, 0.15) is 24.1 Å². The second-order valence-electron chi connectivity index (χ2n) is 4.96. The van der Waals surface area contributed by atoms with Gasteiger partial charge in [-0.2, -0.15) is 0 Å². The number of benzene rings is 2. The second kappa shape index (κ2) is 7.52. The average Bonchev–Trinajstić information content (AvgIpc) is 2.53. The Morgan fingerprint density at radius 3 is 2.45 bits per heavy atom. The monoisotopic (exact) mass is 299 g/mol. The van der Waals surface area contributed by atoms with E-state index in [0.717, 1.165) is 5.56 Å². The van der Waals surface area contributed by atoms with Crippen molar-refractivity contribution >= 4 is 11.5 Å². The summed E-state index contributed by atoms with van der Waals surface area (Å²) in [5, 5.41) is 12.1. The van der Waals surface area contributed by atoms with Crippen LogP contribution in [0.2, 0.25) is 0 Å². The summed E-state index contributed by atoms with van der Waals surface area (Å²) in [6.07, 6.45) is 1.34. The van der Waals surface area contributed by atoms with Gasteiger partial charge in [-0.3, -0.25) is 4.79 Å². The fourth-order valence-electron chi connectivity index (χ4n) is 2.19. The quantitative estimate of drug-likeness (QED) is 0.834. The molecule has 22 heavy (non-hydrogen) atoms. The Morgan fingerprint density at radius 2 is 1.82 bits per heavy atom. The lowest BCUT2D eigenvalue weighted by Crippen LogP contribution is -2.29. The third-order valence-corrected chi connectivity index (χ3v) is 3.35. The number of hydrogen-bond acceptors (Lipinski definition) is 2. The number of rotatable bonds is 5. The van der Waals surface area contributed by atoms with Gasteiger partial charge in [-0.15, -0.1) is 0 Å². The Balaban J connectivity index is 2.12. The molecule has 0 aliphatic carbocycles. The average molecular weight is 299 g/mol. The van der Waals surface area contributed by atoms with Crippen LogP contribution in [-0.2, 0) is 4.79 Å².